The zero-order valence-electron chi connectivity index (χ0n) is 13.0. The van der Waals surface area contributed by atoms with E-state index < -0.39 is 0 Å². The van der Waals surface area contributed by atoms with Crippen molar-refractivity contribution >= 4 is 0 Å². The Morgan fingerprint density at radius 1 is 1.14 bits per heavy atom. The van der Waals surface area contributed by atoms with Crippen LogP contribution in [-0.2, 0) is 0 Å². The van der Waals surface area contributed by atoms with E-state index >= 15 is 0 Å². The number of hydrogen-bond donors (Lipinski definition) is 1. The molecule has 2 aliphatic carbocycles. The lowest BCUT2D eigenvalue weighted by Gasteiger charge is -2.54. The van der Waals surface area contributed by atoms with Crippen molar-refractivity contribution < 1.29 is 9.47 Å². The maximum atomic E-state index is 6.37. The van der Waals surface area contributed by atoms with Gasteiger partial charge in [-0.15, -0.1) is 0 Å². The van der Waals surface area contributed by atoms with E-state index in [0.29, 0.717) is 12.6 Å². The second kappa shape index (κ2) is 6.27. The summed E-state index contributed by atoms with van der Waals surface area (Å²) in [6, 6.07) is 8.31. The summed E-state index contributed by atoms with van der Waals surface area (Å²) in [7, 11) is 0. The Kier molecular flexibility index (Phi) is 4.39. The van der Waals surface area contributed by atoms with E-state index in [1.165, 1.54) is 38.5 Å². The van der Waals surface area contributed by atoms with Gasteiger partial charge in [0.1, 0.15) is 17.6 Å². The van der Waals surface area contributed by atoms with Crippen molar-refractivity contribution in [3.05, 3.63) is 24.3 Å². The van der Waals surface area contributed by atoms with Crippen LogP contribution in [0.3, 0.4) is 0 Å². The standard InChI is InChI=1S/C18H27NO2/c1-2-20-14-8-7-9-15(12-14)21-17-13-16(19)18(17)10-5-3-4-6-11-18/h7-9,12,16-17H,2-6,10-11,13,19H2,1H3. The van der Waals surface area contributed by atoms with Gasteiger partial charge in [-0.05, 0) is 31.9 Å². The zero-order valence-corrected chi connectivity index (χ0v) is 13.0. The molecule has 1 aromatic carbocycles. The molecule has 116 valence electrons. The van der Waals surface area contributed by atoms with Crippen LogP contribution in [0, 0.1) is 5.41 Å². The number of hydrogen-bond acceptors (Lipinski definition) is 3. The normalized spacial score (nSPS) is 27.7. The third-order valence-corrected chi connectivity index (χ3v) is 5.28. The van der Waals surface area contributed by atoms with Crippen molar-refractivity contribution in [1.29, 1.82) is 0 Å². The highest BCUT2D eigenvalue weighted by Crippen LogP contribution is 2.51. The molecular formula is C18H27NO2. The minimum Gasteiger partial charge on any atom is -0.494 e. The second-order valence-corrected chi connectivity index (χ2v) is 6.50. The van der Waals surface area contributed by atoms with Crippen molar-refractivity contribution in [2.75, 3.05) is 6.61 Å². The maximum Gasteiger partial charge on any atom is 0.123 e. The molecule has 1 spiro atoms. The monoisotopic (exact) mass is 289 g/mol. The molecular weight excluding hydrogens is 262 g/mol. The topological polar surface area (TPSA) is 44.5 Å². The summed E-state index contributed by atoms with van der Waals surface area (Å²) in [5.41, 5.74) is 6.59. The molecule has 3 rings (SSSR count). The van der Waals surface area contributed by atoms with Gasteiger partial charge >= 0.3 is 0 Å². The van der Waals surface area contributed by atoms with Gasteiger partial charge in [0.2, 0.25) is 0 Å². The van der Waals surface area contributed by atoms with E-state index in [2.05, 4.69) is 0 Å². The van der Waals surface area contributed by atoms with Crippen LogP contribution in [0.5, 0.6) is 11.5 Å². The van der Waals surface area contributed by atoms with Crippen molar-refractivity contribution in [2.45, 2.75) is 64.0 Å². The summed E-state index contributed by atoms with van der Waals surface area (Å²) in [6.07, 6.45) is 9.01. The van der Waals surface area contributed by atoms with Gasteiger partial charge in [-0.2, -0.15) is 0 Å². The Bertz CT molecular complexity index is 466. The molecule has 0 radical (unpaired) electrons. The molecule has 0 saturated heterocycles. The fourth-order valence-corrected chi connectivity index (χ4v) is 3.99. The van der Waals surface area contributed by atoms with E-state index in [4.69, 9.17) is 15.2 Å². The van der Waals surface area contributed by atoms with Gasteiger partial charge < -0.3 is 15.2 Å². The van der Waals surface area contributed by atoms with Crippen molar-refractivity contribution in [3.8, 4) is 11.5 Å². The number of rotatable bonds is 4. The highest BCUT2D eigenvalue weighted by Gasteiger charge is 2.54. The average Bonchev–Trinajstić information content (AvgIpc) is 2.76. The first-order chi connectivity index (χ1) is 10.2. The highest BCUT2D eigenvalue weighted by molar-refractivity contribution is 5.33. The summed E-state index contributed by atoms with van der Waals surface area (Å²) >= 11 is 0. The molecule has 21 heavy (non-hydrogen) atoms. The number of benzene rings is 1. The molecule has 1 aromatic rings. The molecule has 2 aliphatic rings. The first-order valence-electron chi connectivity index (χ1n) is 8.40. The first-order valence-corrected chi connectivity index (χ1v) is 8.40. The largest absolute Gasteiger partial charge is 0.494 e. The van der Waals surface area contributed by atoms with Crippen LogP contribution in [0.15, 0.2) is 24.3 Å². The molecule has 2 unspecified atom stereocenters. The summed E-state index contributed by atoms with van der Waals surface area (Å²) in [5, 5.41) is 0. The zero-order chi connectivity index (χ0) is 14.7. The van der Waals surface area contributed by atoms with E-state index in [1.54, 1.807) is 0 Å². The Labute approximate surface area is 127 Å². The van der Waals surface area contributed by atoms with Crippen LogP contribution in [0.25, 0.3) is 0 Å². The van der Waals surface area contributed by atoms with Gasteiger partial charge in [0.25, 0.3) is 0 Å². The SMILES string of the molecule is CCOc1cccc(OC2CC(N)C23CCCCCC3)c1. The smallest absolute Gasteiger partial charge is 0.123 e. The predicted molar refractivity (Wildman–Crippen MR) is 84.8 cm³/mol. The lowest BCUT2D eigenvalue weighted by molar-refractivity contribution is -0.0770. The fourth-order valence-electron chi connectivity index (χ4n) is 3.99. The number of nitrogens with two attached hydrogens (primary N) is 1. The highest BCUT2D eigenvalue weighted by atomic mass is 16.5. The molecule has 0 aromatic heterocycles. The minimum absolute atomic E-state index is 0.220. The third kappa shape index (κ3) is 2.89. The quantitative estimate of drug-likeness (QED) is 0.914. The van der Waals surface area contributed by atoms with Crippen molar-refractivity contribution in [1.82, 2.24) is 0 Å². The summed E-state index contributed by atoms with van der Waals surface area (Å²) < 4.78 is 11.8. The Morgan fingerprint density at radius 2 is 1.86 bits per heavy atom. The van der Waals surface area contributed by atoms with Crippen molar-refractivity contribution in [3.63, 3.8) is 0 Å². The Morgan fingerprint density at radius 3 is 2.52 bits per heavy atom. The molecule has 3 heteroatoms. The van der Waals surface area contributed by atoms with Crippen LogP contribution >= 0.6 is 0 Å². The molecule has 0 heterocycles. The van der Waals surface area contributed by atoms with Gasteiger partial charge in [-0.3, -0.25) is 0 Å². The van der Waals surface area contributed by atoms with Crippen molar-refractivity contribution in [2.24, 2.45) is 11.1 Å². The van der Waals surface area contributed by atoms with E-state index in [9.17, 15) is 0 Å². The predicted octanol–water partition coefficient (Wildman–Crippen LogP) is 3.90. The summed E-state index contributed by atoms with van der Waals surface area (Å²) in [6.45, 7) is 2.68. The third-order valence-electron chi connectivity index (χ3n) is 5.28. The Hall–Kier alpha value is -1.22. The molecule has 2 fully saturated rings. The molecule has 0 bridgehead atoms. The summed E-state index contributed by atoms with van der Waals surface area (Å²) in [5.74, 6) is 1.80. The molecule has 2 atom stereocenters. The lowest BCUT2D eigenvalue weighted by atomic mass is 9.58. The van der Waals surface area contributed by atoms with E-state index in [-0.39, 0.29) is 11.5 Å². The van der Waals surface area contributed by atoms with Crippen LogP contribution in [0.1, 0.15) is 51.9 Å². The fraction of sp³-hybridized carbons (Fsp3) is 0.667. The second-order valence-electron chi connectivity index (χ2n) is 6.50. The van der Waals surface area contributed by atoms with Crippen LogP contribution in [-0.4, -0.2) is 18.8 Å². The molecule has 0 amide bonds. The van der Waals surface area contributed by atoms with E-state index in [0.717, 1.165) is 17.9 Å². The first kappa shape index (κ1) is 14.7. The minimum atomic E-state index is 0.220. The van der Waals surface area contributed by atoms with E-state index in [1.807, 2.05) is 31.2 Å². The van der Waals surface area contributed by atoms with Gasteiger partial charge in [0.15, 0.2) is 0 Å². The maximum absolute atomic E-state index is 6.37. The van der Waals surface area contributed by atoms with Gasteiger partial charge in [0, 0.05) is 23.9 Å². The lowest BCUT2D eigenvalue weighted by Crippen LogP contribution is -2.63. The molecule has 2 N–H and O–H groups in total. The van der Waals surface area contributed by atoms with Gasteiger partial charge in [0.05, 0.1) is 6.61 Å². The van der Waals surface area contributed by atoms with Gasteiger partial charge in [-0.1, -0.05) is 31.7 Å². The summed E-state index contributed by atoms with van der Waals surface area (Å²) in [4.78, 5) is 0. The number of ether oxygens (including phenoxy) is 2. The molecule has 0 aliphatic heterocycles. The average molecular weight is 289 g/mol. The Balaban J connectivity index is 1.70. The van der Waals surface area contributed by atoms with Crippen LogP contribution in [0.4, 0.5) is 0 Å². The molecule has 2 saturated carbocycles. The van der Waals surface area contributed by atoms with Gasteiger partial charge in [-0.25, -0.2) is 0 Å². The van der Waals surface area contributed by atoms with Crippen LogP contribution in [0.2, 0.25) is 0 Å². The van der Waals surface area contributed by atoms with Crippen LogP contribution < -0.4 is 15.2 Å². The molecule has 3 nitrogen and oxygen atoms in total.